The highest BCUT2D eigenvalue weighted by Crippen LogP contribution is 2.30. The summed E-state index contributed by atoms with van der Waals surface area (Å²) in [6.07, 6.45) is 0. The van der Waals surface area contributed by atoms with Crippen molar-refractivity contribution in [2.75, 3.05) is 26.8 Å². The van der Waals surface area contributed by atoms with Crippen LogP contribution >= 0.6 is 0 Å². The van der Waals surface area contributed by atoms with E-state index in [2.05, 4.69) is 0 Å². The van der Waals surface area contributed by atoms with Crippen LogP contribution in [0.1, 0.15) is 34.6 Å². The Morgan fingerprint density at radius 3 is 2.12 bits per heavy atom. The lowest BCUT2D eigenvalue weighted by molar-refractivity contribution is -0.143. The molecular weight excluding hydrogens is 204 g/mol. The molecule has 0 aromatic carbocycles. The number of likely N-dealkylation sites (N-methyl/N-ethyl adjacent to an activating group) is 1. The van der Waals surface area contributed by atoms with Gasteiger partial charge in [-0.1, -0.05) is 0 Å². The average Bonchev–Trinajstić information content (AvgIpc) is 2.16. The molecule has 0 rings (SSSR count). The molecule has 0 aliphatic rings. The molecule has 0 unspecified atom stereocenters. The van der Waals surface area contributed by atoms with Crippen LogP contribution in [0.15, 0.2) is 0 Å². The number of nitrogens with zero attached hydrogens (tertiary/aromatic N) is 1. The fourth-order valence-corrected chi connectivity index (χ4v) is 1.28. The van der Waals surface area contributed by atoms with Crippen LogP contribution in [0.2, 0.25) is 0 Å². The van der Waals surface area contributed by atoms with Crippen molar-refractivity contribution in [3.63, 3.8) is 0 Å². The Kier molecular flexibility index (Phi) is 5.42. The molecule has 0 aliphatic heterocycles. The Balaban J connectivity index is 4.74. The number of ether oxygens (including phenoxy) is 1. The van der Waals surface area contributed by atoms with Crippen molar-refractivity contribution in [2.45, 2.75) is 40.2 Å². The molecule has 0 saturated heterocycles. The van der Waals surface area contributed by atoms with Gasteiger partial charge in [0.05, 0.1) is 12.0 Å². The van der Waals surface area contributed by atoms with Gasteiger partial charge in [-0.2, -0.15) is 0 Å². The second kappa shape index (κ2) is 5.64. The molecule has 1 amide bonds. The van der Waals surface area contributed by atoms with Gasteiger partial charge in [-0.05, 0) is 34.6 Å². The molecule has 16 heavy (non-hydrogen) atoms. The lowest BCUT2D eigenvalue weighted by Crippen LogP contribution is -2.56. The number of methoxy groups -OCH3 is 1. The number of hydrogen-bond acceptors (Lipinski definition) is 3. The smallest absolute Gasteiger partial charge is 0.230 e. The standard InChI is InChI=1S/C12H26N2O2/c1-7-14(8-9-16-6)10(15)11(2,3)12(4,5)13/h7-9,13H2,1-6H3. The van der Waals surface area contributed by atoms with Crippen molar-refractivity contribution in [3.8, 4) is 0 Å². The fraction of sp³-hybridized carbons (Fsp3) is 0.917. The van der Waals surface area contributed by atoms with E-state index in [1.165, 1.54) is 0 Å². The van der Waals surface area contributed by atoms with E-state index in [0.29, 0.717) is 19.7 Å². The second-order valence-electron chi connectivity index (χ2n) is 5.22. The third kappa shape index (κ3) is 3.46. The van der Waals surface area contributed by atoms with Gasteiger partial charge in [0.2, 0.25) is 5.91 Å². The first-order chi connectivity index (χ1) is 7.18. The molecule has 96 valence electrons. The van der Waals surface area contributed by atoms with Crippen molar-refractivity contribution >= 4 is 5.91 Å². The lowest BCUT2D eigenvalue weighted by Gasteiger charge is -2.40. The van der Waals surface area contributed by atoms with Crippen LogP contribution in [0.4, 0.5) is 0 Å². The molecule has 0 aliphatic carbocycles. The molecule has 0 atom stereocenters. The number of rotatable bonds is 6. The fourth-order valence-electron chi connectivity index (χ4n) is 1.28. The maximum Gasteiger partial charge on any atom is 0.230 e. The van der Waals surface area contributed by atoms with Crippen LogP contribution in [0.5, 0.6) is 0 Å². The van der Waals surface area contributed by atoms with Gasteiger partial charge in [0, 0.05) is 25.7 Å². The van der Waals surface area contributed by atoms with Crippen LogP contribution < -0.4 is 5.73 Å². The van der Waals surface area contributed by atoms with Gasteiger partial charge in [-0.15, -0.1) is 0 Å². The normalized spacial score (nSPS) is 12.7. The maximum absolute atomic E-state index is 12.3. The molecule has 0 aromatic heterocycles. The molecule has 4 heteroatoms. The Bertz CT molecular complexity index is 232. The summed E-state index contributed by atoms with van der Waals surface area (Å²) in [5, 5.41) is 0. The molecule has 2 N–H and O–H groups in total. The van der Waals surface area contributed by atoms with Crippen LogP contribution in [0.25, 0.3) is 0 Å². The minimum atomic E-state index is -0.573. The zero-order valence-corrected chi connectivity index (χ0v) is 11.5. The van der Waals surface area contributed by atoms with E-state index in [1.807, 2.05) is 34.6 Å². The van der Waals surface area contributed by atoms with Crippen molar-refractivity contribution in [1.29, 1.82) is 0 Å². The number of nitrogens with two attached hydrogens (primary N) is 1. The van der Waals surface area contributed by atoms with E-state index in [1.54, 1.807) is 12.0 Å². The number of carbonyl (C=O) groups is 1. The maximum atomic E-state index is 12.3. The zero-order valence-electron chi connectivity index (χ0n) is 11.5. The van der Waals surface area contributed by atoms with Gasteiger partial charge >= 0.3 is 0 Å². The lowest BCUT2D eigenvalue weighted by atomic mass is 9.74. The summed E-state index contributed by atoms with van der Waals surface area (Å²) >= 11 is 0. The van der Waals surface area contributed by atoms with E-state index in [-0.39, 0.29) is 5.91 Å². The van der Waals surface area contributed by atoms with Gasteiger partial charge in [0.1, 0.15) is 0 Å². The predicted molar refractivity (Wildman–Crippen MR) is 66.2 cm³/mol. The summed E-state index contributed by atoms with van der Waals surface area (Å²) < 4.78 is 5.00. The highest BCUT2D eigenvalue weighted by Gasteiger charge is 2.42. The van der Waals surface area contributed by atoms with Gasteiger partial charge in [-0.3, -0.25) is 4.79 Å². The Morgan fingerprint density at radius 2 is 1.81 bits per heavy atom. The quantitative estimate of drug-likeness (QED) is 0.747. The number of hydrogen-bond donors (Lipinski definition) is 1. The van der Waals surface area contributed by atoms with Gasteiger partial charge in [-0.25, -0.2) is 0 Å². The molecule has 0 bridgehead atoms. The van der Waals surface area contributed by atoms with E-state index in [0.717, 1.165) is 0 Å². The zero-order chi connectivity index (χ0) is 13.0. The van der Waals surface area contributed by atoms with Crippen molar-refractivity contribution in [3.05, 3.63) is 0 Å². The monoisotopic (exact) mass is 230 g/mol. The SMILES string of the molecule is CCN(CCOC)C(=O)C(C)(C)C(C)(C)N. The summed E-state index contributed by atoms with van der Waals surface area (Å²) in [4.78, 5) is 14.1. The third-order valence-corrected chi connectivity index (χ3v) is 3.38. The molecular formula is C12H26N2O2. The van der Waals surface area contributed by atoms with E-state index >= 15 is 0 Å². The first-order valence-corrected chi connectivity index (χ1v) is 5.75. The summed E-state index contributed by atoms with van der Waals surface area (Å²) in [6.45, 7) is 11.4. The Labute approximate surface area is 99.1 Å². The minimum absolute atomic E-state index is 0.0829. The summed E-state index contributed by atoms with van der Waals surface area (Å²) in [5.41, 5.74) is 4.95. The van der Waals surface area contributed by atoms with Crippen LogP contribution in [-0.2, 0) is 9.53 Å². The largest absolute Gasteiger partial charge is 0.383 e. The summed E-state index contributed by atoms with van der Waals surface area (Å²) in [6, 6.07) is 0. The topological polar surface area (TPSA) is 55.6 Å². The molecule has 0 spiro atoms. The Hall–Kier alpha value is -0.610. The summed E-state index contributed by atoms with van der Waals surface area (Å²) in [7, 11) is 1.64. The van der Waals surface area contributed by atoms with Gasteiger partial charge in [0.15, 0.2) is 0 Å². The van der Waals surface area contributed by atoms with Crippen molar-refractivity contribution in [2.24, 2.45) is 11.1 Å². The first kappa shape index (κ1) is 15.4. The minimum Gasteiger partial charge on any atom is -0.383 e. The summed E-state index contributed by atoms with van der Waals surface area (Å²) in [5.74, 6) is 0.0829. The highest BCUT2D eigenvalue weighted by atomic mass is 16.5. The van der Waals surface area contributed by atoms with Gasteiger partial charge in [0.25, 0.3) is 0 Å². The molecule has 0 aromatic rings. The second-order valence-corrected chi connectivity index (χ2v) is 5.22. The Morgan fingerprint density at radius 1 is 1.31 bits per heavy atom. The van der Waals surface area contributed by atoms with E-state index in [9.17, 15) is 4.79 Å². The number of amides is 1. The molecule has 0 radical (unpaired) electrons. The van der Waals surface area contributed by atoms with Crippen LogP contribution in [-0.4, -0.2) is 43.2 Å². The van der Waals surface area contributed by atoms with Crippen LogP contribution in [0, 0.1) is 5.41 Å². The molecule has 4 nitrogen and oxygen atoms in total. The van der Waals surface area contributed by atoms with Gasteiger partial charge < -0.3 is 15.4 Å². The molecule has 0 fully saturated rings. The highest BCUT2D eigenvalue weighted by molar-refractivity contribution is 5.83. The third-order valence-electron chi connectivity index (χ3n) is 3.38. The van der Waals surface area contributed by atoms with Crippen LogP contribution in [0.3, 0.4) is 0 Å². The number of carbonyl (C=O) groups excluding carboxylic acids is 1. The first-order valence-electron chi connectivity index (χ1n) is 5.75. The van der Waals surface area contributed by atoms with E-state index < -0.39 is 11.0 Å². The van der Waals surface area contributed by atoms with E-state index in [4.69, 9.17) is 10.5 Å². The molecule has 0 heterocycles. The average molecular weight is 230 g/mol. The van der Waals surface area contributed by atoms with Crippen molar-refractivity contribution < 1.29 is 9.53 Å². The van der Waals surface area contributed by atoms with Crippen molar-refractivity contribution in [1.82, 2.24) is 4.90 Å². The molecule has 0 saturated carbocycles. The predicted octanol–water partition coefficient (Wildman–Crippen LogP) is 1.24.